The fraction of sp³-hybridized carbons (Fsp3) is 0.688. The zero-order chi connectivity index (χ0) is 19.4. The fourth-order valence-corrected chi connectivity index (χ4v) is 2.04. The topological polar surface area (TPSA) is 108 Å². The summed E-state index contributed by atoms with van der Waals surface area (Å²) < 4.78 is 10.4. The Morgan fingerprint density at radius 2 is 1.68 bits per heavy atom. The summed E-state index contributed by atoms with van der Waals surface area (Å²) >= 11 is 0. The average molecular weight is 357 g/mol. The zero-order valence-corrected chi connectivity index (χ0v) is 15.6. The van der Waals surface area contributed by atoms with Crippen molar-refractivity contribution in [1.82, 2.24) is 15.3 Å². The number of nitrogens with one attached hydrogen (secondary N) is 1. The molecule has 2 N–H and O–H groups in total. The number of hydrogen-bond acceptors (Lipinski definition) is 7. The summed E-state index contributed by atoms with van der Waals surface area (Å²) in [5.74, 6) is -1.50. The van der Waals surface area contributed by atoms with E-state index in [1.54, 1.807) is 46.4 Å². The first-order valence-electron chi connectivity index (χ1n) is 7.91. The maximum absolute atomic E-state index is 11.9. The lowest BCUT2D eigenvalue weighted by Crippen LogP contribution is -2.45. The van der Waals surface area contributed by atoms with Crippen LogP contribution in [0.4, 0.5) is 4.79 Å². The second-order valence-electron chi connectivity index (χ2n) is 7.71. The zero-order valence-electron chi connectivity index (χ0n) is 15.6. The molecule has 0 fully saturated rings. The number of rotatable bonds is 5. The number of carboxylic acids is 1. The molecule has 0 saturated heterocycles. The van der Waals surface area contributed by atoms with Gasteiger partial charge in [-0.3, -0.25) is 14.6 Å². The van der Waals surface area contributed by atoms with Gasteiger partial charge in [0.2, 0.25) is 0 Å². The predicted octanol–water partition coefficient (Wildman–Crippen LogP) is 1.66. The van der Waals surface area contributed by atoms with Crippen molar-refractivity contribution in [2.24, 2.45) is 0 Å². The first-order valence-corrected chi connectivity index (χ1v) is 7.91. The highest BCUT2D eigenvalue weighted by molar-refractivity contribution is 5.73. The van der Waals surface area contributed by atoms with E-state index in [0.29, 0.717) is 5.70 Å². The van der Waals surface area contributed by atoms with Gasteiger partial charge in [-0.25, -0.2) is 10.2 Å². The van der Waals surface area contributed by atoms with E-state index < -0.39 is 29.2 Å². The number of carboxylic acid groups (broad SMARTS) is 1. The molecule has 0 aromatic carbocycles. The van der Waals surface area contributed by atoms with Crippen LogP contribution in [-0.2, 0) is 19.1 Å². The van der Waals surface area contributed by atoms with E-state index in [0.717, 1.165) is 0 Å². The maximum Gasteiger partial charge on any atom is 0.426 e. The van der Waals surface area contributed by atoms with Crippen LogP contribution in [0.2, 0.25) is 0 Å². The van der Waals surface area contributed by atoms with Crippen molar-refractivity contribution >= 4 is 18.0 Å². The molecule has 0 bridgehead atoms. The average Bonchev–Trinajstić information content (AvgIpc) is 2.64. The van der Waals surface area contributed by atoms with Crippen molar-refractivity contribution in [2.45, 2.75) is 59.2 Å². The van der Waals surface area contributed by atoms with E-state index in [-0.39, 0.29) is 19.6 Å². The van der Waals surface area contributed by atoms with Crippen LogP contribution in [0.15, 0.2) is 11.9 Å². The van der Waals surface area contributed by atoms with E-state index in [1.807, 2.05) is 0 Å². The lowest BCUT2D eigenvalue weighted by molar-refractivity contribution is -0.155. The van der Waals surface area contributed by atoms with Crippen molar-refractivity contribution in [1.29, 1.82) is 0 Å². The number of amides is 1. The number of nitrogens with zero attached hydrogens (tertiary/aromatic N) is 2. The number of hydrogen-bond donors (Lipinski definition) is 2. The highest BCUT2D eigenvalue weighted by atomic mass is 16.6. The molecule has 0 spiro atoms. The number of hydrazine groups is 1. The van der Waals surface area contributed by atoms with Gasteiger partial charge in [0.25, 0.3) is 0 Å². The van der Waals surface area contributed by atoms with Gasteiger partial charge in [0.15, 0.2) is 0 Å². The van der Waals surface area contributed by atoms with Crippen LogP contribution < -0.4 is 5.43 Å². The fourth-order valence-electron chi connectivity index (χ4n) is 2.04. The van der Waals surface area contributed by atoms with E-state index in [4.69, 9.17) is 14.6 Å². The normalized spacial score (nSPS) is 14.9. The molecule has 0 aromatic heterocycles. The van der Waals surface area contributed by atoms with E-state index in [2.05, 4.69) is 5.43 Å². The Labute approximate surface area is 147 Å². The highest BCUT2D eigenvalue weighted by Gasteiger charge is 2.28. The lowest BCUT2D eigenvalue weighted by Gasteiger charge is -2.27. The monoisotopic (exact) mass is 357 g/mol. The van der Waals surface area contributed by atoms with Crippen LogP contribution in [0.3, 0.4) is 0 Å². The number of carbonyl (C=O) groups excluding carboxylic acids is 2. The van der Waals surface area contributed by atoms with Crippen molar-refractivity contribution in [3.05, 3.63) is 11.9 Å². The van der Waals surface area contributed by atoms with Gasteiger partial charge in [0, 0.05) is 6.20 Å². The SMILES string of the molecule is CC(C)(C)OC(=O)CN1C=C(CC(=O)O)N(NC(=O)OC(C)(C)C)C1. The van der Waals surface area contributed by atoms with Gasteiger partial charge in [0.1, 0.15) is 24.4 Å². The summed E-state index contributed by atoms with van der Waals surface area (Å²) in [5, 5.41) is 10.4. The number of esters is 1. The Kier molecular flexibility index (Phi) is 6.28. The Morgan fingerprint density at radius 3 is 2.16 bits per heavy atom. The Balaban J connectivity index is 2.73. The molecule has 0 atom stereocenters. The minimum atomic E-state index is -1.05. The van der Waals surface area contributed by atoms with Crippen molar-refractivity contribution in [3.8, 4) is 0 Å². The van der Waals surface area contributed by atoms with Crippen molar-refractivity contribution in [3.63, 3.8) is 0 Å². The summed E-state index contributed by atoms with van der Waals surface area (Å²) in [4.78, 5) is 36.4. The largest absolute Gasteiger partial charge is 0.481 e. The molecule has 1 heterocycles. The minimum Gasteiger partial charge on any atom is -0.481 e. The van der Waals surface area contributed by atoms with Crippen LogP contribution in [0.5, 0.6) is 0 Å². The third kappa shape index (κ3) is 8.27. The Bertz CT molecular complexity index is 559. The highest BCUT2D eigenvalue weighted by Crippen LogP contribution is 2.18. The van der Waals surface area contributed by atoms with E-state index >= 15 is 0 Å². The second kappa shape index (κ2) is 7.62. The molecule has 0 aliphatic carbocycles. The summed E-state index contributed by atoms with van der Waals surface area (Å²) in [6.45, 7) is 10.5. The summed E-state index contributed by atoms with van der Waals surface area (Å²) in [6, 6.07) is 0. The molecule has 0 unspecified atom stereocenters. The quantitative estimate of drug-likeness (QED) is 0.715. The standard InChI is InChI=1S/C16H27N3O6/c1-15(2,3)24-13(22)9-18-8-11(7-12(20)21)19(10-18)17-14(23)25-16(4,5)6/h8H,7,9-10H2,1-6H3,(H,17,23)(H,20,21). The molecule has 142 valence electrons. The summed E-state index contributed by atoms with van der Waals surface area (Å²) in [7, 11) is 0. The van der Waals surface area contributed by atoms with Crippen LogP contribution >= 0.6 is 0 Å². The van der Waals surface area contributed by atoms with E-state index in [1.165, 1.54) is 11.2 Å². The molecule has 1 amide bonds. The first-order chi connectivity index (χ1) is 11.2. The van der Waals surface area contributed by atoms with Crippen LogP contribution in [0.1, 0.15) is 48.0 Å². The molecule has 1 aliphatic rings. The molecule has 1 rings (SSSR count). The Morgan fingerprint density at radius 1 is 1.12 bits per heavy atom. The van der Waals surface area contributed by atoms with Gasteiger partial charge in [-0.15, -0.1) is 0 Å². The van der Waals surface area contributed by atoms with Crippen LogP contribution in [0, 0.1) is 0 Å². The summed E-state index contributed by atoms with van der Waals surface area (Å²) in [6.07, 6.45) is 0.499. The molecular formula is C16H27N3O6. The molecule has 0 saturated carbocycles. The van der Waals surface area contributed by atoms with Crippen LogP contribution in [0.25, 0.3) is 0 Å². The molecule has 0 aromatic rings. The third-order valence-corrected chi connectivity index (χ3v) is 2.71. The van der Waals surface area contributed by atoms with Gasteiger partial charge < -0.3 is 19.5 Å². The number of ether oxygens (including phenoxy) is 2. The molecular weight excluding hydrogens is 330 g/mol. The molecule has 25 heavy (non-hydrogen) atoms. The third-order valence-electron chi connectivity index (χ3n) is 2.71. The smallest absolute Gasteiger partial charge is 0.426 e. The number of carbonyl (C=O) groups is 3. The number of aliphatic carboxylic acids is 1. The van der Waals surface area contributed by atoms with Gasteiger partial charge in [-0.05, 0) is 41.5 Å². The van der Waals surface area contributed by atoms with Gasteiger partial charge >= 0.3 is 18.0 Å². The predicted molar refractivity (Wildman–Crippen MR) is 89.0 cm³/mol. The molecule has 9 nitrogen and oxygen atoms in total. The Hall–Kier alpha value is -2.45. The van der Waals surface area contributed by atoms with E-state index in [9.17, 15) is 14.4 Å². The summed E-state index contributed by atoms with van der Waals surface area (Å²) in [5.41, 5.74) is 1.53. The van der Waals surface area contributed by atoms with Gasteiger partial charge in [0.05, 0.1) is 12.1 Å². The van der Waals surface area contributed by atoms with Crippen LogP contribution in [-0.4, -0.2) is 57.5 Å². The maximum atomic E-state index is 11.9. The van der Waals surface area contributed by atoms with Crippen molar-refractivity contribution in [2.75, 3.05) is 13.2 Å². The molecule has 9 heteroatoms. The second-order valence-corrected chi connectivity index (χ2v) is 7.71. The minimum absolute atomic E-state index is 0.0626. The van der Waals surface area contributed by atoms with Crippen molar-refractivity contribution < 1.29 is 29.0 Å². The van der Waals surface area contributed by atoms with Gasteiger partial charge in [-0.2, -0.15) is 0 Å². The molecule has 0 radical (unpaired) electrons. The lowest BCUT2D eigenvalue weighted by atomic mass is 10.2. The first kappa shape index (κ1) is 20.6. The molecule has 1 aliphatic heterocycles. The van der Waals surface area contributed by atoms with Gasteiger partial charge in [-0.1, -0.05) is 0 Å².